The smallest absolute Gasteiger partial charge is 0.231 e. The molecular weight excluding hydrogens is 188 g/mol. The highest BCUT2D eigenvalue weighted by Crippen LogP contribution is 1.99. The van der Waals surface area contributed by atoms with Gasteiger partial charge in [0.15, 0.2) is 0 Å². The van der Waals surface area contributed by atoms with Crippen LogP contribution in [0.4, 0.5) is 0 Å². The Bertz CT molecular complexity index is 158. The van der Waals surface area contributed by atoms with E-state index in [1.165, 1.54) is 0 Å². The van der Waals surface area contributed by atoms with Crippen LogP contribution in [0.2, 0.25) is 0 Å². The molecule has 14 heavy (non-hydrogen) atoms. The lowest BCUT2D eigenvalue weighted by molar-refractivity contribution is 0.0883. The van der Waals surface area contributed by atoms with Crippen molar-refractivity contribution in [2.75, 3.05) is 0 Å². The summed E-state index contributed by atoms with van der Waals surface area (Å²) in [5, 5.41) is 28.4. The summed E-state index contributed by atoms with van der Waals surface area (Å²) in [4.78, 5) is 16.7. The van der Waals surface area contributed by atoms with Gasteiger partial charge in [0, 0.05) is 0 Å². The predicted octanol–water partition coefficient (Wildman–Crippen LogP) is 0.330. The monoisotopic (exact) mass is 204 g/mol. The van der Waals surface area contributed by atoms with Crippen LogP contribution in [0.1, 0.15) is 26.7 Å². The van der Waals surface area contributed by atoms with Crippen LogP contribution in [-0.4, -0.2) is 34.6 Å². The Morgan fingerprint density at radius 3 is 1.57 bits per heavy atom. The van der Waals surface area contributed by atoms with Crippen LogP contribution >= 0.6 is 0 Å². The summed E-state index contributed by atoms with van der Waals surface area (Å²) in [6, 6.07) is 0. The second-order valence-corrected chi connectivity index (χ2v) is 2.35. The third-order valence-electron chi connectivity index (χ3n) is 1.08. The van der Waals surface area contributed by atoms with Crippen molar-refractivity contribution in [1.29, 1.82) is 10.8 Å². The number of carbonyl (C=O) groups excluding carboxylic acids is 2. The standard InChI is InChI=1S/C6H14O2.2CHNO/c1-3-6(8)4-5(2)7;2*2-1-3/h5-8H,3-4H2,1-2H3;2*2H. The highest BCUT2D eigenvalue weighted by atomic mass is 16.3. The molecule has 0 fully saturated rings. The number of aliphatic hydroxyl groups excluding tert-OH is 2. The van der Waals surface area contributed by atoms with E-state index in [4.69, 9.17) is 30.6 Å². The van der Waals surface area contributed by atoms with Crippen LogP contribution in [-0.2, 0) is 9.59 Å². The van der Waals surface area contributed by atoms with E-state index < -0.39 is 0 Å². The van der Waals surface area contributed by atoms with E-state index in [1.54, 1.807) is 6.92 Å². The van der Waals surface area contributed by atoms with Gasteiger partial charge in [-0.3, -0.25) is 0 Å². The van der Waals surface area contributed by atoms with Crippen molar-refractivity contribution < 1.29 is 19.8 Å². The number of rotatable bonds is 3. The van der Waals surface area contributed by atoms with Gasteiger partial charge >= 0.3 is 0 Å². The van der Waals surface area contributed by atoms with Crippen LogP contribution < -0.4 is 0 Å². The van der Waals surface area contributed by atoms with Gasteiger partial charge in [0.05, 0.1) is 12.2 Å². The third kappa shape index (κ3) is 45.7. The van der Waals surface area contributed by atoms with Crippen LogP contribution in [0, 0.1) is 10.8 Å². The second-order valence-electron chi connectivity index (χ2n) is 2.35. The fourth-order valence-electron chi connectivity index (χ4n) is 0.560. The molecule has 6 heteroatoms. The minimum Gasteiger partial charge on any atom is -0.393 e. The fourth-order valence-corrected chi connectivity index (χ4v) is 0.560. The number of nitrogens with one attached hydrogen (secondary N) is 2. The van der Waals surface area contributed by atoms with Crippen LogP contribution in [0.15, 0.2) is 0 Å². The Balaban J connectivity index is -0.000000168. The molecule has 0 radical (unpaired) electrons. The lowest BCUT2D eigenvalue weighted by atomic mass is 10.1. The van der Waals surface area contributed by atoms with Crippen molar-refractivity contribution >= 4 is 12.2 Å². The number of aliphatic hydroxyl groups is 2. The molecule has 0 bridgehead atoms. The molecule has 82 valence electrons. The van der Waals surface area contributed by atoms with Gasteiger partial charge in [0.2, 0.25) is 12.2 Å². The maximum absolute atomic E-state index is 8.87. The molecule has 4 N–H and O–H groups in total. The normalized spacial score (nSPS) is 11.4. The molecule has 0 amide bonds. The van der Waals surface area contributed by atoms with E-state index in [0.29, 0.717) is 6.42 Å². The maximum Gasteiger partial charge on any atom is 0.231 e. The Morgan fingerprint density at radius 2 is 1.50 bits per heavy atom. The summed E-state index contributed by atoms with van der Waals surface area (Å²) in [5.74, 6) is 0. The van der Waals surface area contributed by atoms with E-state index in [2.05, 4.69) is 0 Å². The zero-order valence-electron chi connectivity index (χ0n) is 8.28. The van der Waals surface area contributed by atoms with Gasteiger partial charge in [-0.2, -0.15) is 0 Å². The zero-order chi connectivity index (χ0) is 12.0. The molecule has 0 aliphatic carbocycles. The second kappa shape index (κ2) is 17.7. The zero-order valence-corrected chi connectivity index (χ0v) is 8.28. The molecule has 0 rings (SSSR count). The lowest BCUT2D eigenvalue weighted by Crippen LogP contribution is -2.13. The van der Waals surface area contributed by atoms with Gasteiger partial charge in [-0.25, -0.2) is 20.4 Å². The third-order valence-corrected chi connectivity index (χ3v) is 1.08. The topological polar surface area (TPSA) is 122 Å². The predicted molar refractivity (Wildman–Crippen MR) is 49.4 cm³/mol. The Morgan fingerprint density at radius 1 is 1.21 bits per heavy atom. The van der Waals surface area contributed by atoms with E-state index in [1.807, 2.05) is 6.92 Å². The Labute approximate surface area is 82.6 Å². The molecule has 6 nitrogen and oxygen atoms in total. The first-order valence-corrected chi connectivity index (χ1v) is 3.93. The molecular formula is C8H16N2O4. The van der Waals surface area contributed by atoms with Gasteiger partial charge in [0.1, 0.15) is 0 Å². The molecule has 0 aliphatic heterocycles. The first-order valence-electron chi connectivity index (χ1n) is 3.93. The summed E-state index contributed by atoms with van der Waals surface area (Å²) >= 11 is 0. The summed E-state index contributed by atoms with van der Waals surface area (Å²) in [5.41, 5.74) is 0. The van der Waals surface area contributed by atoms with Gasteiger partial charge in [-0.05, 0) is 19.8 Å². The van der Waals surface area contributed by atoms with Crippen molar-refractivity contribution in [3.8, 4) is 0 Å². The first-order chi connectivity index (χ1) is 6.49. The molecule has 0 spiro atoms. The minimum atomic E-state index is -0.370. The number of hydrogen-bond donors (Lipinski definition) is 4. The summed E-state index contributed by atoms with van der Waals surface area (Å²) in [7, 11) is 0. The Kier molecular flexibility index (Phi) is 23.3. The summed E-state index contributed by atoms with van der Waals surface area (Å²) < 4.78 is 0. The molecule has 0 saturated heterocycles. The SMILES string of the molecule is CCC(O)CC(C)O.N=C=O.N=C=O. The average Bonchev–Trinajstić information content (AvgIpc) is 2.06. The van der Waals surface area contributed by atoms with E-state index in [9.17, 15) is 0 Å². The Hall–Kier alpha value is -1.32. The molecule has 0 aromatic rings. The molecule has 0 heterocycles. The molecule has 2 atom stereocenters. The van der Waals surface area contributed by atoms with Crippen LogP contribution in [0.5, 0.6) is 0 Å². The van der Waals surface area contributed by atoms with Gasteiger partial charge in [-0.1, -0.05) is 6.92 Å². The first kappa shape index (κ1) is 18.5. The summed E-state index contributed by atoms with van der Waals surface area (Å²) in [6.07, 6.45) is 2.03. The van der Waals surface area contributed by atoms with Gasteiger partial charge in [-0.15, -0.1) is 0 Å². The molecule has 2 unspecified atom stereocenters. The summed E-state index contributed by atoms with van der Waals surface area (Å²) in [6.45, 7) is 3.58. The van der Waals surface area contributed by atoms with Crippen LogP contribution in [0.25, 0.3) is 0 Å². The maximum atomic E-state index is 8.87. The minimum absolute atomic E-state index is 0.324. The van der Waals surface area contributed by atoms with Crippen molar-refractivity contribution in [1.82, 2.24) is 0 Å². The fraction of sp³-hybridized carbons (Fsp3) is 0.750. The molecule has 0 aromatic carbocycles. The molecule has 0 aromatic heterocycles. The quantitative estimate of drug-likeness (QED) is 0.390. The number of hydrogen-bond acceptors (Lipinski definition) is 6. The van der Waals surface area contributed by atoms with Crippen LogP contribution in [0.3, 0.4) is 0 Å². The van der Waals surface area contributed by atoms with E-state index in [0.717, 1.165) is 18.6 Å². The van der Waals surface area contributed by atoms with Crippen molar-refractivity contribution in [2.24, 2.45) is 0 Å². The van der Waals surface area contributed by atoms with Crippen molar-refractivity contribution in [2.45, 2.75) is 38.9 Å². The largest absolute Gasteiger partial charge is 0.393 e. The molecule has 0 aliphatic rings. The van der Waals surface area contributed by atoms with E-state index in [-0.39, 0.29) is 12.2 Å². The van der Waals surface area contributed by atoms with Gasteiger partial charge in [0.25, 0.3) is 0 Å². The highest BCUT2D eigenvalue weighted by molar-refractivity contribution is 5.26. The average molecular weight is 204 g/mol. The van der Waals surface area contributed by atoms with Crippen molar-refractivity contribution in [3.63, 3.8) is 0 Å². The van der Waals surface area contributed by atoms with Crippen molar-refractivity contribution in [3.05, 3.63) is 0 Å². The highest BCUT2D eigenvalue weighted by Gasteiger charge is 2.03. The molecule has 0 saturated carbocycles. The lowest BCUT2D eigenvalue weighted by Gasteiger charge is -2.08. The number of isocyanates is 2. The van der Waals surface area contributed by atoms with E-state index >= 15 is 0 Å². The van der Waals surface area contributed by atoms with Gasteiger partial charge < -0.3 is 10.2 Å².